The zero-order valence-electron chi connectivity index (χ0n) is 21.1. The fraction of sp³-hybridized carbons (Fsp3) is 0.129. The van der Waals surface area contributed by atoms with E-state index in [4.69, 9.17) is 18.9 Å². The van der Waals surface area contributed by atoms with Crippen molar-refractivity contribution in [2.24, 2.45) is 0 Å². The molecule has 8 nitrogen and oxygen atoms in total. The van der Waals surface area contributed by atoms with Crippen LogP contribution < -0.4 is 14.2 Å². The molecule has 198 valence electrons. The van der Waals surface area contributed by atoms with Crippen LogP contribution in [0.5, 0.6) is 17.2 Å². The van der Waals surface area contributed by atoms with Crippen LogP contribution in [0.1, 0.15) is 22.3 Å². The van der Waals surface area contributed by atoms with E-state index in [1.165, 1.54) is 0 Å². The van der Waals surface area contributed by atoms with Crippen molar-refractivity contribution < 1.29 is 28.8 Å². The van der Waals surface area contributed by atoms with Crippen molar-refractivity contribution in [3.63, 3.8) is 0 Å². The van der Waals surface area contributed by atoms with E-state index in [1.54, 1.807) is 30.3 Å². The number of aromatic nitrogens is 2. The van der Waals surface area contributed by atoms with Crippen molar-refractivity contribution in [1.82, 2.24) is 8.75 Å². The lowest BCUT2D eigenvalue weighted by Gasteiger charge is -2.26. The van der Waals surface area contributed by atoms with E-state index in [0.29, 0.717) is 51.6 Å². The fourth-order valence-corrected chi connectivity index (χ4v) is 5.48. The monoisotopic (exact) mass is 550 g/mol. The molecule has 0 saturated carbocycles. The Bertz CT molecular complexity index is 1770. The topological polar surface area (TPSA) is 100 Å². The molecule has 0 saturated heterocycles. The summed E-state index contributed by atoms with van der Waals surface area (Å²) in [5.41, 5.74) is 5.02. The first-order chi connectivity index (χ1) is 19.6. The summed E-state index contributed by atoms with van der Waals surface area (Å²) in [6.07, 6.45) is 0.248. The van der Waals surface area contributed by atoms with Gasteiger partial charge in [-0.25, -0.2) is 4.79 Å². The standard InChI is InChI=1S/C31H22N2O6S/c34-30-29(21-8-12-25-26(15-21)33-40-32-25)24(31(35,39-30)22-9-13-27-28(16-22)38-18-37-27)14-19-6-10-23(11-7-19)36-17-20-4-2-1-3-5-20/h1-13,15-16,35H,14,17-18H2. The van der Waals surface area contributed by atoms with Gasteiger partial charge < -0.3 is 24.1 Å². The average Bonchev–Trinajstić information content (AvgIpc) is 3.71. The molecule has 0 aliphatic carbocycles. The molecule has 0 radical (unpaired) electrons. The van der Waals surface area contributed by atoms with E-state index < -0.39 is 11.8 Å². The predicted molar refractivity (Wildman–Crippen MR) is 148 cm³/mol. The Balaban J connectivity index is 1.26. The van der Waals surface area contributed by atoms with Crippen LogP contribution in [0.2, 0.25) is 0 Å². The van der Waals surface area contributed by atoms with Crippen LogP contribution in [0.4, 0.5) is 0 Å². The number of fused-ring (bicyclic) bond motifs is 2. The number of cyclic esters (lactones) is 1. The van der Waals surface area contributed by atoms with Gasteiger partial charge in [0, 0.05) is 17.6 Å². The van der Waals surface area contributed by atoms with Crippen molar-refractivity contribution in [3.8, 4) is 17.2 Å². The Morgan fingerprint density at radius 3 is 2.50 bits per heavy atom. The van der Waals surface area contributed by atoms with Crippen molar-refractivity contribution in [2.75, 3.05) is 6.79 Å². The minimum Gasteiger partial charge on any atom is -0.489 e. The molecule has 40 heavy (non-hydrogen) atoms. The Morgan fingerprint density at radius 2 is 1.65 bits per heavy atom. The number of carbonyl (C=O) groups excluding carboxylic acids is 1. The molecule has 2 aliphatic heterocycles. The number of nitrogens with zero attached hydrogens (tertiary/aromatic N) is 2. The molecule has 0 amide bonds. The highest BCUT2D eigenvalue weighted by Gasteiger charge is 2.48. The highest BCUT2D eigenvalue weighted by atomic mass is 32.1. The van der Waals surface area contributed by atoms with E-state index >= 15 is 0 Å². The zero-order valence-corrected chi connectivity index (χ0v) is 21.9. The third-order valence-corrected chi connectivity index (χ3v) is 7.57. The van der Waals surface area contributed by atoms with Crippen LogP contribution >= 0.6 is 11.7 Å². The molecule has 0 bridgehead atoms. The summed E-state index contributed by atoms with van der Waals surface area (Å²) in [5.74, 6) is -0.876. The molecule has 1 atom stereocenters. The SMILES string of the molecule is O=C1OC(O)(c2ccc3c(c2)OCO3)C(Cc2ccc(OCc3ccccc3)cc2)=C1c1ccc2nsnc2c1. The molecule has 1 aromatic heterocycles. The van der Waals surface area contributed by atoms with Gasteiger partial charge in [0.2, 0.25) is 6.79 Å². The fourth-order valence-electron chi connectivity index (χ4n) is 4.97. The molecular weight excluding hydrogens is 528 g/mol. The van der Waals surface area contributed by atoms with Gasteiger partial charge >= 0.3 is 5.97 Å². The van der Waals surface area contributed by atoms with Gasteiger partial charge in [-0.2, -0.15) is 8.75 Å². The van der Waals surface area contributed by atoms with E-state index in [9.17, 15) is 9.90 Å². The average molecular weight is 551 g/mol. The van der Waals surface area contributed by atoms with Gasteiger partial charge in [0.15, 0.2) is 11.5 Å². The van der Waals surface area contributed by atoms with Crippen LogP contribution in [-0.4, -0.2) is 26.6 Å². The summed E-state index contributed by atoms with van der Waals surface area (Å²) in [7, 11) is 0. The summed E-state index contributed by atoms with van der Waals surface area (Å²) in [6.45, 7) is 0.543. The van der Waals surface area contributed by atoms with Crippen LogP contribution in [0.15, 0.2) is 96.6 Å². The molecule has 0 fully saturated rings. The molecule has 0 spiro atoms. The third-order valence-electron chi connectivity index (χ3n) is 7.01. The summed E-state index contributed by atoms with van der Waals surface area (Å²) in [4.78, 5) is 13.4. The Kier molecular flexibility index (Phi) is 5.95. The number of hydrogen-bond donors (Lipinski definition) is 1. The number of ether oxygens (including phenoxy) is 4. The molecule has 4 aromatic carbocycles. The number of hydrogen-bond acceptors (Lipinski definition) is 9. The van der Waals surface area contributed by atoms with Crippen molar-refractivity contribution >= 4 is 34.3 Å². The third kappa shape index (κ3) is 4.35. The largest absolute Gasteiger partial charge is 0.489 e. The smallest absolute Gasteiger partial charge is 0.342 e. The van der Waals surface area contributed by atoms with E-state index in [-0.39, 0.29) is 13.2 Å². The van der Waals surface area contributed by atoms with E-state index in [1.807, 2.05) is 60.7 Å². The maximum atomic E-state index is 13.4. The lowest BCUT2D eigenvalue weighted by molar-refractivity contribution is -0.185. The number of benzene rings is 4. The highest BCUT2D eigenvalue weighted by Crippen LogP contribution is 2.47. The van der Waals surface area contributed by atoms with Gasteiger partial charge in [0.05, 0.1) is 17.3 Å². The summed E-state index contributed by atoms with van der Waals surface area (Å²) < 4.78 is 31.2. The highest BCUT2D eigenvalue weighted by molar-refractivity contribution is 7.00. The number of esters is 1. The van der Waals surface area contributed by atoms with Crippen LogP contribution in [-0.2, 0) is 28.3 Å². The molecule has 1 unspecified atom stereocenters. The zero-order chi connectivity index (χ0) is 27.1. The number of rotatable bonds is 7. The molecule has 2 aliphatic rings. The van der Waals surface area contributed by atoms with Crippen LogP contribution in [0, 0.1) is 0 Å². The van der Waals surface area contributed by atoms with Crippen molar-refractivity contribution in [3.05, 3.63) is 119 Å². The summed E-state index contributed by atoms with van der Waals surface area (Å²) in [6, 6.07) is 27.9. The van der Waals surface area contributed by atoms with E-state index in [2.05, 4.69) is 8.75 Å². The van der Waals surface area contributed by atoms with Crippen molar-refractivity contribution in [1.29, 1.82) is 0 Å². The molecule has 5 aromatic rings. The molecule has 3 heterocycles. The Labute approximate surface area is 233 Å². The van der Waals surface area contributed by atoms with Gasteiger partial charge in [-0.05, 0) is 59.2 Å². The van der Waals surface area contributed by atoms with Crippen LogP contribution in [0.25, 0.3) is 16.6 Å². The first kappa shape index (κ1) is 24.3. The van der Waals surface area contributed by atoms with Gasteiger partial charge in [-0.1, -0.05) is 48.5 Å². The van der Waals surface area contributed by atoms with E-state index in [0.717, 1.165) is 28.4 Å². The predicted octanol–water partition coefficient (Wildman–Crippen LogP) is 5.40. The maximum Gasteiger partial charge on any atom is 0.342 e. The van der Waals surface area contributed by atoms with Gasteiger partial charge in [0.25, 0.3) is 5.79 Å². The number of aliphatic hydroxyl groups is 1. The minimum absolute atomic E-state index is 0.0886. The first-order valence-corrected chi connectivity index (χ1v) is 13.4. The van der Waals surface area contributed by atoms with Gasteiger partial charge in [-0.3, -0.25) is 0 Å². The molecule has 7 rings (SSSR count). The lowest BCUT2D eigenvalue weighted by Crippen LogP contribution is -2.29. The maximum absolute atomic E-state index is 13.4. The quantitative estimate of drug-likeness (QED) is 0.269. The number of carbonyl (C=O) groups is 1. The second-order valence-electron chi connectivity index (χ2n) is 9.52. The second kappa shape index (κ2) is 9.78. The van der Waals surface area contributed by atoms with Crippen molar-refractivity contribution in [2.45, 2.75) is 18.8 Å². The summed E-state index contributed by atoms with van der Waals surface area (Å²) in [5, 5.41) is 12.0. The summed E-state index contributed by atoms with van der Waals surface area (Å²) >= 11 is 1.10. The van der Waals surface area contributed by atoms with Gasteiger partial charge in [-0.15, -0.1) is 0 Å². The van der Waals surface area contributed by atoms with Gasteiger partial charge in [0.1, 0.15) is 23.4 Å². The Morgan fingerprint density at radius 1 is 0.850 bits per heavy atom. The Hall–Kier alpha value is -4.73. The molecular formula is C31H22N2O6S. The minimum atomic E-state index is -2.01. The normalized spacial score (nSPS) is 17.9. The lowest BCUT2D eigenvalue weighted by atomic mass is 9.88. The molecule has 9 heteroatoms. The second-order valence-corrected chi connectivity index (χ2v) is 10.0. The first-order valence-electron chi connectivity index (χ1n) is 12.6. The van der Waals surface area contributed by atoms with Crippen LogP contribution in [0.3, 0.4) is 0 Å². The molecule has 1 N–H and O–H groups in total.